The molecule has 0 radical (unpaired) electrons. The second-order valence-electron chi connectivity index (χ2n) is 5.13. The van der Waals surface area contributed by atoms with Gasteiger partial charge in [0.1, 0.15) is 0 Å². The van der Waals surface area contributed by atoms with E-state index in [1.807, 2.05) is 10.9 Å². The molecule has 0 amide bonds. The predicted octanol–water partition coefficient (Wildman–Crippen LogP) is 3.45. The van der Waals surface area contributed by atoms with Gasteiger partial charge in [-0.05, 0) is 25.8 Å². The highest BCUT2D eigenvalue weighted by Crippen LogP contribution is 2.14. The molecule has 0 aliphatic rings. The van der Waals surface area contributed by atoms with E-state index in [-0.39, 0.29) is 0 Å². The first-order chi connectivity index (χ1) is 9.19. The lowest BCUT2D eigenvalue weighted by Gasteiger charge is -2.14. The molecular formula is C16H23N3. The highest BCUT2D eigenvalue weighted by molar-refractivity contribution is 5.24. The normalized spacial score (nSPS) is 12.6. The summed E-state index contributed by atoms with van der Waals surface area (Å²) in [6.45, 7) is 8.35. The highest BCUT2D eigenvalue weighted by Gasteiger charge is 2.05. The SMILES string of the molecule is CCCn1cc(CN[C@H](C)c2cccc(C)c2)cn1. The maximum atomic E-state index is 4.35. The van der Waals surface area contributed by atoms with Crippen molar-refractivity contribution in [1.29, 1.82) is 0 Å². The number of aromatic nitrogens is 2. The van der Waals surface area contributed by atoms with Gasteiger partial charge in [-0.3, -0.25) is 4.68 Å². The first kappa shape index (κ1) is 13.8. The molecule has 19 heavy (non-hydrogen) atoms. The van der Waals surface area contributed by atoms with Crippen LogP contribution in [-0.4, -0.2) is 9.78 Å². The number of nitrogens with zero attached hydrogens (tertiary/aromatic N) is 2. The Balaban J connectivity index is 1.90. The Bertz CT molecular complexity index is 516. The summed E-state index contributed by atoms with van der Waals surface area (Å²) in [5.74, 6) is 0. The minimum atomic E-state index is 0.356. The largest absolute Gasteiger partial charge is 0.306 e. The topological polar surface area (TPSA) is 29.9 Å². The molecule has 0 aliphatic heterocycles. The monoisotopic (exact) mass is 257 g/mol. The van der Waals surface area contributed by atoms with E-state index >= 15 is 0 Å². The molecular weight excluding hydrogens is 234 g/mol. The van der Waals surface area contributed by atoms with Crippen molar-refractivity contribution >= 4 is 0 Å². The van der Waals surface area contributed by atoms with E-state index in [1.54, 1.807) is 0 Å². The molecule has 0 aliphatic carbocycles. The summed E-state index contributed by atoms with van der Waals surface area (Å²) in [6.07, 6.45) is 5.19. The Hall–Kier alpha value is -1.61. The number of nitrogens with one attached hydrogen (secondary N) is 1. The molecule has 1 aromatic heterocycles. The minimum absolute atomic E-state index is 0.356. The second-order valence-corrected chi connectivity index (χ2v) is 5.13. The van der Waals surface area contributed by atoms with Gasteiger partial charge in [0.25, 0.3) is 0 Å². The van der Waals surface area contributed by atoms with Gasteiger partial charge in [-0.25, -0.2) is 0 Å². The van der Waals surface area contributed by atoms with Crippen molar-refractivity contribution in [3.05, 3.63) is 53.3 Å². The van der Waals surface area contributed by atoms with Crippen LogP contribution in [0.4, 0.5) is 0 Å². The van der Waals surface area contributed by atoms with Gasteiger partial charge in [0.05, 0.1) is 6.20 Å². The summed E-state index contributed by atoms with van der Waals surface area (Å²) in [4.78, 5) is 0. The number of hydrogen-bond acceptors (Lipinski definition) is 2. The highest BCUT2D eigenvalue weighted by atomic mass is 15.3. The number of benzene rings is 1. The van der Waals surface area contributed by atoms with Crippen molar-refractivity contribution in [3.63, 3.8) is 0 Å². The lowest BCUT2D eigenvalue weighted by molar-refractivity contribution is 0.571. The average Bonchev–Trinajstić information content (AvgIpc) is 2.84. The van der Waals surface area contributed by atoms with Gasteiger partial charge in [0, 0.05) is 30.9 Å². The Morgan fingerprint density at radius 1 is 1.37 bits per heavy atom. The number of rotatable bonds is 6. The molecule has 0 bridgehead atoms. The van der Waals surface area contributed by atoms with Crippen LogP contribution in [0.15, 0.2) is 36.7 Å². The molecule has 2 rings (SSSR count). The molecule has 3 nitrogen and oxygen atoms in total. The second kappa shape index (κ2) is 6.53. The molecule has 1 heterocycles. The summed E-state index contributed by atoms with van der Waals surface area (Å²) in [5, 5.41) is 7.89. The van der Waals surface area contributed by atoms with Gasteiger partial charge in [-0.2, -0.15) is 5.10 Å². The van der Waals surface area contributed by atoms with E-state index < -0.39 is 0 Å². The summed E-state index contributed by atoms with van der Waals surface area (Å²) < 4.78 is 2.01. The third kappa shape index (κ3) is 3.93. The Labute approximate surface area is 115 Å². The lowest BCUT2D eigenvalue weighted by atomic mass is 10.1. The van der Waals surface area contributed by atoms with Crippen molar-refractivity contribution in [2.75, 3.05) is 0 Å². The van der Waals surface area contributed by atoms with E-state index in [2.05, 4.69) is 61.6 Å². The van der Waals surface area contributed by atoms with E-state index in [9.17, 15) is 0 Å². The maximum Gasteiger partial charge on any atom is 0.0534 e. The van der Waals surface area contributed by atoms with Crippen LogP contribution in [0.5, 0.6) is 0 Å². The van der Waals surface area contributed by atoms with Crippen LogP contribution in [0.25, 0.3) is 0 Å². The van der Waals surface area contributed by atoms with Crippen LogP contribution in [0, 0.1) is 6.92 Å². The maximum absolute atomic E-state index is 4.35. The third-order valence-corrected chi connectivity index (χ3v) is 3.29. The lowest BCUT2D eigenvalue weighted by Crippen LogP contribution is -2.17. The van der Waals surface area contributed by atoms with Gasteiger partial charge >= 0.3 is 0 Å². The standard InChI is InChI=1S/C16H23N3/c1-4-8-19-12-15(11-18-19)10-17-14(3)16-7-5-6-13(2)9-16/h5-7,9,11-12,14,17H,4,8,10H2,1-3H3/t14-/m1/s1. The van der Waals surface area contributed by atoms with Crippen LogP contribution < -0.4 is 5.32 Å². The van der Waals surface area contributed by atoms with E-state index in [0.717, 1.165) is 19.5 Å². The molecule has 3 heteroatoms. The fourth-order valence-corrected chi connectivity index (χ4v) is 2.18. The molecule has 1 aromatic carbocycles. The van der Waals surface area contributed by atoms with Gasteiger partial charge < -0.3 is 5.32 Å². The van der Waals surface area contributed by atoms with Crippen molar-refractivity contribution in [2.45, 2.75) is 46.3 Å². The fraction of sp³-hybridized carbons (Fsp3) is 0.438. The summed E-state index contributed by atoms with van der Waals surface area (Å²) in [5.41, 5.74) is 3.89. The van der Waals surface area contributed by atoms with Gasteiger partial charge in [0.2, 0.25) is 0 Å². The van der Waals surface area contributed by atoms with Crippen molar-refractivity contribution in [1.82, 2.24) is 15.1 Å². The quantitative estimate of drug-likeness (QED) is 0.859. The molecule has 0 spiro atoms. The molecule has 0 saturated heterocycles. The van der Waals surface area contributed by atoms with Crippen LogP contribution >= 0.6 is 0 Å². The van der Waals surface area contributed by atoms with Crippen molar-refractivity contribution in [2.24, 2.45) is 0 Å². The van der Waals surface area contributed by atoms with Gasteiger partial charge in [-0.15, -0.1) is 0 Å². The van der Waals surface area contributed by atoms with Crippen LogP contribution in [-0.2, 0) is 13.1 Å². The Kier molecular flexibility index (Phi) is 4.74. The van der Waals surface area contributed by atoms with Crippen LogP contribution in [0.2, 0.25) is 0 Å². The predicted molar refractivity (Wildman–Crippen MR) is 79.0 cm³/mol. The van der Waals surface area contributed by atoms with Gasteiger partial charge in [-0.1, -0.05) is 36.8 Å². The molecule has 2 aromatic rings. The molecule has 1 N–H and O–H groups in total. The number of hydrogen-bond donors (Lipinski definition) is 1. The Morgan fingerprint density at radius 3 is 2.95 bits per heavy atom. The zero-order valence-electron chi connectivity index (χ0n) is 12.1. The fourth-order valence-electron chi connectivity index (χ4n) is 2.18. The van der Waals surface area contributed by atoms with E-state index in [0.29, 0.717) is 6.04 Å². The van der Waals surface area contributed by atoms with Crippen molar-refractivity contribution in [3.8, 4) is 0 Å². The van der Waals surface area contributed by atoms with Gasteiger partial charge in [0.15, 0.2) is 0 Å². The molecule has 0 unspecified atom stereocenters. The minimum Gasteiger partial charge on any atom is -0.306 e. The molecule has 102 valence electrons. The zero-order valence-corrected chi connectivity index (χ0v) is 12.1. The average molecular weight is 257 g/mol. The Morgan fingerprint density at radius 2 is 2.21 bits per heavy atom. The molecule has 0 saturated carbocycles. The van der Waals surface area contributed by atoms with Crippen LogP contribution in [0.1, 0.15) is 43.0 Å². The van der Waals surface area contributed by atoms with E-state index in [4.69, 9.17) is 0 Å². The van der Waals surface area contributed by atoms with Crippen LogP contribution in [0.3, 0.4) is 0 Å². The smallest absolute Gasteiger partial charge is 0.0534 e. The first-order valence-electron chi connectivity index (χ1n) is 7.00. The third-order valence-electron chi connectivity index (χ3n) is 3.29. The summed E-state index contributed by atoms with van der Waals surface area (Å²) >= 11 is 0. The summed E-state index contributed by atoms with van der Waals surface area (Å²) in [7, 11) is 0. The molecule has 0 fully saturated rings. The number of aryl methyl sites for hydroxylation is 2. The zero-order chi connectivity index (χ0) is 13.7. The first-order valence-corrected chi connectivity index (χ1v) is 7.00. The van der Waals surface area contributed by atoms with Crippen molar-refractivity contribution < 1.29 is 0 Å². The summed E-state index contributed by atoms with van der Waals surface area (Å²) in [6, 6.07) is 9.01. The van der Waals surface area contributed by atoms with E-state index in [1.165, 1.54) is 16.7 Å². The molecule has 1 atom stereocenters.